The Morgan fingerprint density at radius 1 is 1.09 bits per heavy atom. The number of likely N-dealkylation sites (tertiary alicyclic amines) is 1. The molecule has 1 saturated heterocycles. The molecule has 2 heterocycles. The van der Waals surface area contributed by atoms with E-state index in [0.29, 0.717) is 11.8 Å². The molecule has 2 aliphatic rings. The molecule has 2 fully saturated rings. The van der Waals surface area contributed by atoms with Crippen LogP contribution < -0.4 is 0 Å². The fraction of sp³-hybridized carbons (Fsp3) is 0.259. The van der Waals surface area contributed by atoms with E-state index in [0.717, 1.165) is 29.7 Å². The molecule has 3 atom stereocenters. The van der Waals surface area contributed by atoms with Crippen molar-refractivity contribution in [2.45, 2.75) is 25.2 Å². The number of nitrogens with zero attached hydrogens (tertiary/aromatic N) is 3. The Bertz CT molecular complexity index is 1340. The van der Waals surface area contributed by atoms with Gasteiger partial charge in [0.2, 0.25) is 5.91 Å². The van der Waals surface area contributed by atoms with Crippen LogP contribution >= 0.6 is 0 Å². The molecule has 0 radical (unpaired) electrons. The Labute approximate surface area is 186 Å². The van der Waals surface area contributed by atoms with E-state index >= 15 is 0 Å². The minimum atomic E-state index is -0.259. The number of hydrogen-bond acceptors (Lipinski definition) is 2. The number of piperidine rings is 1. The van der Waals surface area contributed by atoms with Gasteiger partial charge in [-0.15, -0.1) is 0 Å². The van der Waals surface area contributed by atoms with Gasteiger partial charge in [-0.1, -0.05) is 30.3 Å². The number of fused-ring (bicyclic) bond motifs is 2. The molecule has 4 nitrogen and oxygen atoms in total. The van der Waals surface area contributed by atoms with Gasteiger partial charge in [-0.25, -0.2) is 9.07 Å². The first-order chi connectivity index (χ1) is 15.5. The van der Waals surface area contributed by atoms with E-state index in [4.69, 9.17) is 0 Å². The van der Waals surface area contributed by atoms with Crippen LogP contribution in [0, 0.1) is 18.7 Å². The number of amides is 1. The van der Waals surface area contributed by atoms with Crippen LogP contribution in [-0.2, 0) is 10.2 Å². The van der Waals surface area contributed by atoms with Crippen LogP contribution in [0.3, 0.4) is 0 Å². The number of aryl methyl sites for hydroxylation is 1. The fourth-order valence-electron chi connectivity index (χ4n) is 5.97. The Kier molecular flexibility index (Phi) is 4.06. The predicted molar refractivity (Wildman–Crippen MR) is 122 cm³/mol. The van der Waals surface area contributed by atoms with Crippen molar-refractivity contribution in [3.8, 4) is 5.69 Å². The maximum Gasteiger partial charge on any atom is 0.219 e. The second kappa shape index (κ2) is 6.76. The summed E-state index contributed by atoms with van der Waals surface area (Å²) in [7, 11) is 0. The van der Waals surface area contributed by atoms with E-state index in [1.807, 2.05) is 15.8 Å². The molecule has 0 bridgehead atoms. The molecule has 4 aromatic rings. The largest absolute Gasteiger partial charge is 0.342 e. The molecule has 1 saturated carbocycles. The van der Waals surface area contributed by atoms with E-state index in [2.05, 4.69) is 54.5 Å². The summed E-state index contributed by atoms with van der Waals surface area (Å²) >= 11 is 0. The molecule has 0 spiro atoms. The van der Waals surface area contributed by atoms with Crippen molar-refractivity contribution in [2.24, 2.45) is 5.92 Å². The molecule has 1 aromatic heterocycles. The molecule has 1 aliphatic carbocycles. The summed E-state index contributed by atoms with van der Waals surface area (Å²) in [6, 6.07) is 21.5. The number of rotatable bonds is 3. The van der Waals surface area contributed by atoms with Gasteiger partial charge in [0.15, 0.2) is 0 Å². The zero-order valence-electron chi connectivity index (χ0n) is 18.1. The van der Waals surface area contributed by atoms with Crippen LogP contribution in [0.5, 0.6) is 0 Å². The van der Waals surface area contributed by atoms with Crippen molar-refractivity contribution in [1.29, 1.82) is 0 Å². The second-order valence-electron chi connectivity index (χ2n) is 9.19. The fourth-order valence-corrected chi connectivity index (χ4v) is 5.97. The number of carbonyl (C=O) groups excluding carboxylic acids is 1. The van der Waals surface area contributed by atoms with Crippen LogP contribution in [0.25, 0.3) is 16.6 Å². The third-order valence-electron chi connectivity index (χ3n) is 7.47. The standard InChI is InChI=1S/C27H24FN3O/c1-17-12-25-20(14-29-31(25)22-10-8-21(28)9-11-22)13-23(17)27-16-30(18(2)32)15-24(27)26(27)19-6-4-3-5-7-19/h3-14,24,26H,15-16H2,1-2H3/t24-,26-,27+/m0/s1. The molecule has 6 rings (SSSR count). The quantitative estimate of drug-likeness (QED) is 0.464. The summed E-state index contributed by atoms with van der Waals surface area (Å²) in [6.45, 7) is 5.38. The van der Waals surface area contributed by atoms with Crippen LogP contribution in [0.15, 0.2) is 72.9 Å². The zero-order chi connectivity index (χ0) is 22.0. The van der Waals surface area contributed by atoms with Gasteiger partial charge in [0.05, 0.1) is 17.4 Å². The summed E-state index contributed by atoms with van der Waals surface area (Å²) in [5.74, 6) is 0.733. The average Bonchev–Trinajstić information content (AvgIpc) is 3.08. The lowest BCUT2D eigenvalue weighted by molar-refractivity contribution is -0.128. The van der Waals surface area contributed by atoms with Crippen LogP contribution in [0.2, 0.25) is 0 Å². The Hall–Kier alpha value is -3.47. The Balaban J connectivity index is 1.47. The maximum atomic E-state index is 13.4. The van der Waals surface area contributed by atoms with Crippen LogP contribution in [-0.4, -0.2) is 33.7 Å². The van der Waals surface area contributed by atoms with Crippen molar-refractivity contribution in [1.82, 2.24) is 14.7 Å². The van der Waals surface area contributed by atoms with Gasteiger partial charge >= 0.3 is 0 Å². The Morgan fingerprint density at radius 2 is 1.84 bits per heavy atom. The minimum absolute atomic E-state index is 0.0523. The molecule has 32 heavy (non-hydrogen) atoms. The van der Waals surface area contributed by atoms with Crippen molar-refractivity contribution < 1.29 is 9.18 Å². The molecule has 1 aliphatic heterocycles. The highest BCUT2D eigenvalue weighted by atomic mass is 19.1. The highest BCUT2D eigenvalue weighted by Gasteiger charge is 2.70. The number of benzene rings is 3. The summed E-state index contributed by atoms with van der Waals surface area (Å²) in [5, 5.41) is 5.65. The molecule has 0 N–H and O–H groups in total. The maximum absolute atomic E-state index is 13.4. The van der Waals surface area contributed by atoms with Crippen LogP contribution in [0.1, 0.15) is 29.5 Å². The molecular weight excluding hydrogens is 401 g/mol. The lowest BCUT2D eigenvalue weighted by Gasteiger charge is -2.25. The Morgan fingerprint density at radius 3 is 2.56 bits per heavy atom. The van der Waals surface area contributed by atoms with E-state index in [-0.39, 0.29) is 17.1 Å². The number of hydrogen-bond donors (Lipinski definition) is 0. The van der Waals surface area contributed by atoms with E-state index in [9.17, 15) is 9.18 Å². The van der Waals surface area contributed by atoms with E-state index in [1.165, 1.54) is 28.8 Å². The van der Waals surface area contributed by atoms with Crippen molar-refractivity contribution in [3.05, 3.63) is 95.4 Å². The summed E-state index contributed by atoms with van der Waals surface area (Å²) < 4.78 is 15.2. The van der Waals surface area contributed by atoms with Gasteiger partial charge in [-0.2, -0.15) is 5.10 Å². The SMILES string of the molecule is CC(=O)N1C[C@H]2[C@H](c3ccccc3)[C@@]2(c2cc3cnn(-c4ccc(F)cc4)c3cc2C)C1. The zero-order valence-corrected chi connectivity index (χ0v) is 18.1. The lowest BCUT2D eigenvalue weighted by atomic mass is 9.86. The van der Waals surface area contributed by atoms with Gasteiger partial charge in [0.25, 0.3) is 0 Å². The van der Waals surface area contributed by atoms with Crippen molar-refractivity contribution in [3.63, 3.8) is 0 Å². The highest BCUT2D eigenvalue weighted by molar-refractivity contribution is 5.83. The lowest BCUT2D eigenvalue weighted by Crippen LogP contribution is -2.32. The topological polar surface area (TPSA) is 38.1 Å². The molecule has 160 valence electrons. The summed E-state index contributed by atoms with van der Waals surface area (Å²) in [6.07, 6.45) is 1.88. The normalized spacial score (nSPS) is 24.0. The second-order valence-corrected chi connectivity index (χ2v) is 9.19. The third-order valence-corrected chi connectivity index (χ3v) is 7.47. The van der Waals surface area contributed by atoms with Gasteiger partial charge in [-0.3, -0.25) is 4.79 Å². The summed E-state index contributed by atoms with van der Waals surface area (Å²) in [4.78, 5) is 14.2. The monoisotopic (exact) mass is 425 g/mol. The number of carbonyl (C=O) groups is 1. The van der Waals surface area contributed by atoms with Gasteiger partial charge in [0, 0.05) is 36.7 Å². The molecular formula is C27H24FN3O. The number of halogens is 1. The number of aromatic nitrogens is 2. The molecule has 0 unspecified atom stereocenters. The highest BCUT2D eigenvalue weighted by Crippen LogP contribution is 2.69. The smallest absolute Gasteiger partial charge is 0.219 e. The van der Waals surface area contributed by atoms with E-state index in [1.54, 1.807) is 19.1 Å². The first kappa shape index (κ1) is 19.2. The predicted octanol–water partition coefficient (Wildman–Crippen LogP) is 4.99. The van der Waals surface area contributed by atoms with Crippen molar-refractivity contribution in [2.75, 3.05) is 13.1 Å². The molecule has 5 heteroatoms. The van der Waals surface area contributed by atoms with Gasteiger partial charge in [-0.05, 0) is 65.9 Å². The van der Waals surface area contributed by atoms with Crippen LogP contribution in [0.4, 0.5) is 4.39 Å². The van der Waals surface area contributed by atoms with Crippen molar-refractivity contribution >= 4 is 16.8 Å². The summed E-state index contributed by atoms with van der Waals surface area (Å²) in [5.41, 5.74) is 5.65. The van der Waals surface area contributed by atoms with Gasteiger partial charge in [0.1, 0.15) is 5.82 Å². The van der Waals surface area contributed by atoms with Gasteiger partial charge < -0.3 is 4.90 Å². The minimum Gasteiger partial charge on any atom is -0.342 e. The first-order valence-corrected chi connectivity index (χ1v) is 11.0. The molecule has 3 aromatic carbocycles. The average molecular weight is 426 g/mol. The molecule has 1 amide bonds. The van der Waals surface area contributed by atoms with E-state index < -0.39 is 0 Å². The first-order valence-electron chi connectivity index (χ1n) is 11.0. The third kappa shape index (κ3) is 2.67.